The molecule has 1 aromatic carbocycles. The van der Waals surface area contributed by atoms with Crippen LogP contribution in [0.1, 0.15) is 64.1 Å². The van der Waals surface area contributed by atoms with Crippen LogP contribution in [0.25, 0.3) is 0 Å². The highest BCUT2D eigenvalue weighted by molar-refractivity contribution is 5.94. The smallest absolute Gasteiger partial charge is 0.276 e. The van der Waals surface area contributed by atoms with Crippen molar-refractivity contribution in [2.75, 3.05) is 26.2 Å². The molecule has 0 spiro atoms. The standard InChI is InChI=1S/C21H24FN3O3/c1-14-18(21(27)24-9-2-3-10-24)23-19(28-14)15-7-11-25(12-8-15)20(26)16-5-4-6-17(22)13-16/h4-6,13,15H,2-3,7-12H2,1H3. The number of likely N-dealkylation sites (tertiary alicyclic amines) is 2. The quantitative estimate of drug-likeness (QED) is 0.812. The summed E-state index contributed by atoms with van der Waals surface area (Å²) in [7, 11) is 0. The van der Waals surface area contributed by atoms with Crippen LogP contribution >= 0.6 is 0 Å². The highest BCUT2D eigenvalue weighted by atomic mass is 19.1. The lowest BCUT2D eigenvalue weighted by atomic mass is 9.96. The Morgan fingerprint density at radius 1 is 1.07 bits per heavy atom. The van der Waals surface area contributed by atoms with Crippen molar-refractivity contribution in [3.8, 4) is 0 Å². The van der Waals surface area contributed by atoms with Crippen molar-refractivity contribution in [3.05, 3.63) is 53.0 Å². The van der Waals surface area contributed by atoms with Gasteiger partial charge in [0.1, 0.15) is 11.6 Å². The first-order valence-corrected chi connectivity index (χ1v) is 9.84. The van der Waals surface area contributed by atoms with Gasteiger partial charge in [-0.2, -0.15) is 0 Å². The minimum atomic E-state index is -0.411. The number of nitrogens with zero attached hydrogens (tertiary/aromatic N) is 3. The minimum absolute atomic E-state index is 0.0521. The van der Waals surface area contributed by atoms with Crippen LogP contribution in [0.5, 0.6) is 0 Å². The number of carbonyl (C=O) groups excluding carboxylic acids is 2. The third-order valence-electron chi connectivity index (χ3n) is 5.61. The summed E-state index contributed by atoms with van der Waals surface area (Å²) in [5.74, 6) is 0.597. The van der Waals surface area contributed by atoms with Gasteiger partial charge in [-0.15, -0.1) is 0 Å². The summed E-state index contributed by atoms with van der Waals surface area (Å²) >= 11 is 0. The molecule has 2 amide bonds. The number of piperidine rings is 1. The molecule has 0 unspecified atom stereocenters. The molecule has 0 N–H and O–H groups in total. The third kappa shape index (κ3) is 3.66. The van der Waals surface area contributed by atoms with Gasteiger partial charge in [0.15, 0.2) is 11.6 Å². The Balaban J connectivity index is 1.40. The van der Waals surface area contributed by atoms with Crippen molar-refractivity contribution in [3.63, 3.8) is 0 Å². The topological polar surface area (TPSA) is 66.7 Å². The van der Waals surface area contributed by atoms with Crippen LogP contribution in [0.15, 0.2) is 28.7 Å². The zero-order valence-electron chi connectivity index (χ0n) is 16.0. The first-order valence-electron chi connectivity index (χ1n) is 9.84. The normalized spacial score (nSPS) is 17.9. The second kappa shape index (κ2) is 7.73. The van der Waals surface area contributed by atoms with Crippen LogP contribution in [0.2, 0.25) is 0 Å². The van der Waals surface area contributed by atoms with Crippen molar-refractivity contribution in [1.29, 1.82) is 0 Å². The van der Waals surface area contributed by atoms with Gasteiger partial charge < -0.3 is 14.2 Å². The van der Waals surface area contributed by atoms with E-state index in [4.69, 9.17) is 4.42 Å². The highest BCUT2D eigenvalue weighted by Crippen LogP contribution is 2.30. The van der Waals surface area contributed by atoms with Crippen LogP contribution < -0.4 is 0 Å². The highest BCUT2D eigenvalue weighted by Gasteiger charge is 2.30. The number of amides is 2. The molecular formula is C21H24FN3O3. The van der Waals surface area contributed by atoms with Gasteiger partial charge in [0, 0.05) is 37.7 Å². The number of rotatable bonds is 3. The number of benzene rings is 1. The summed E-state index contributed by atoms with van der Waals surface area (Å²) in [6.45, 7) is 4.44. The van der Waals surface area contributed by atoms with Gasteiger partial charge in [-0.05, 0) is 50.8 Å². The maximum Gasteiger partial charge on any atom is 0.276 e. The lowest BCUT2D eigenvalue weighted by Gasteiger charge is -2.30. The molecular weight excluding hydrogens is 361 g/mol. The average molecular weight is 385 g/mol. The van der Waals surface area contributed by atoms with Gasteiger partial charge in [-0.1, -0.05) is 6.07 Å². The summed E-state index contributed by atoms with van der Waals surface area (Å²) < 4.78 is 19.2. The largest absolute Gasteiger partial charge is 0.445 e. The predicted octanol–water partition coefficient (Wildman–Crippen LogP) is 3.38. The Kier molecular flexibility index (Phi) is 5.15. The van der Waals surface area contributed by atoms with Crippen LogP contribution in [-0.4, -0.2) is 52.8 Å². The van der Waals surface area contributed by atoms with Crippen LogP contribution in [0, 0.1) is 12.7 Å². The second-order valence-electron chi connectivity index (χ2n) is 7.53. The number of halogens is 1. The average Bonchev–Trinajstić information content (AvgIpc) is 3.37. The molecule has 0 atom stereocenters. The van der Waals surface area contributed by atoms with Crippen molar-refractivity contribution in [2.24, 2.45) is 0 Å². The fourth-order valence-corrected chi connectivity index (χ4v) is 3.99. The molecule has 7 heteroatoms. The van der Waals surface area contributed by atoms with Gasteiger partial charge in [0.25, 0.3) is 11.8 Å². The minimum Gasteiger partial charge on any atom is -0.445 e. The summed E-state index contributed by atoms with van der Waals surface area (Å²) in [5, 5.41) is 0. The maximum absolute atomic E-state index is 13.4. The molecule has 1 aromatic heterocycles. The van der Waals surface area contributed by atoms with E-state index < -0.39 is 5.82 Å². The van der Waals surface area contributed by atoms with E-state index in [2.05, 4.69) is 4.98 Å². The number of hydrogen-bond acceptors (Lipinski definition) is 4. The fraction of sp³-hybridized carbons (Fsp3) is 0.476. The molecule has 0 bridgehead atoms. The second-order valence-corrected chi connectivity index (χ2v) is 7.53. The lowest BCUT2D eigenvalue weighted by molar-refractivity contribution is 0.0705. The Labute approximate surface area is 163 Å². The summed E-state index contributed by atoms with van der Waals surface area (Å²) in [4.78, 5) is 33.2. The van der Waals surface area contributed by atoms with Crippen molar-refractivity contribution >= 4 is 11.8 Å². The first kappa shape index (κ1) is 18.7. The summed E-state index contributed by atoms with van der Waals surface area (Å²) in [6.07, 6.45) is 3.48. The van der Waals surface area contributed by atoms with Gasteiger partial charge in [0.05, 0.1) is 0 Å². The maximum atomic E-state index is 13.4. The SMILES string of the molecule is Cc1oc(C2CCN(C(=O)c3cccc(F)c3)CC2)nc1C(=O)N1CCCC1. The Morgan fingerprint density at radius 2 is 1.75 bits per heavy atom. The predicted molar refractivity (Wildman–Crippen MR) is 101 cm³/mol. The van der Waals surface area contributed by atoms with Gasteiger partial charge in [-0.25, -0.2) is 9.37 Å². The van der Waals surface area contributed by atoms with E-state index in [0.29, 0.717) is 48.8 Å². The molecule has 2 aliphatic rings. The number of oxazole rings is 1. The van der Waals surface area contributed by atoms with Gasteiger partial charge in [0.2, 0.25) is 0 Å². The van der Waals surface area contributed by atoms with Gasteiger partial charge >= 0.3 is 0 Å². The molecule has 148 valence electrons. The zero-order chi connectivity index (χ0) is 19.7. The number of carbonyl (C=O) groups is 2. The molecule has 2 aromatic rings. The molecule has 2 saturated heterocycles. The third-order valence-corrected chi connectivity index (χ3v) is 5.61. The molecule has 2 aliphatic heterocycles. The lowest BCUT2D eigenvalue weighted by Crippen LogP contribution is -2.38. The number of hydrogen-bond donors (Lipinski definition) is 0. The first-order chi connectivity index (χ1) is 13.5. The van der Waals surface area contributed by atoms with Crippen molar-refractivity contribution < 1.29 is 18.4 Å². The summed E-state index contributed by atoms with van der Waals surface area (Å²) in [6, 6.07) is 5.77. The van der Waals surface area contributed by atoms with E-state index in [9.17, 15) is 14.0 Å². The Hall–Kier alpha value is -2.70. The van der Waals surface area contributed by atoms with Crippen LogP contribution in [0.4, 0.5) is 4.39 Å². The van der Waals surface area contributed by atoms with E-state index in [1.54, 1.807) is 24.0 Å². The van der Waals surface area contributed by atoms with E-state index in [1.165, 1.54) is 12.1 Å². The molecule has 2 fully saturated rings. The molecule has 28 heavy (non-hydrogen) atoms. The molecule has 3 heterocycles. The Morgan fingerprint density at radius 3 is 2.43 bits per heavy atom. The van der Waals surface area contributed by atoms with E-state index in [0.717, 1.165) is 25.9 Å². The van der Waals surface area contributed by atoms with Crippen molar-refractivity contribution in [2.45, 2.75) is 38.5 Å². The van der Waals surface area contributed by atoms with Crippen LogP contribution in [0.3, 0.4) is 0 Å². The molecule has 0 radical (unpaired) electrons. The van der Waals surface area contributed by atoms with Crippen molar-refractivity contribution in [1.82, 2.24) is 14.8 Å². The molecule has 0 saturated carbocycles. The monoisotopic (exact) mass is 385 g/mol. The molecule has 0 aliphatic carbocycles. The van der Waals surface area contributed by atoms with E-state index in [1.807, 2.05) is 4.90 Å². The fourth-order valence-electron chi connectivity index (χ4n) is 3.99. The molecule has 6 nitrogen and oxygen atoms in total. The van der Waals surface area contributed by atoms with E-state index >= 15 is 0 Å². The van der Waals surface area contributed by atoms with Crippen LogP contribution in [-0.2, 0) is 0 Å². The van der Waals surface area contributed by atoms with E-state index in [-0.39, 0.29) is 17.7 Å². The Bertz CT molecular complexity index is 881. The zero-order valence-corrected chi connectivity index (χ0v) is 16.0. The number of aryl methyl sites for hydroxylation is 1. The number of aromatic nitrogens is 1. The summed E-state index contributed by atoms with van der Waals surface area (Å²) in [5.41, 5.74) is 0.777. The van der Waals surface area contributed by atoms with Gasteiger partial charge in [-0.3, -0.25) is 9.59 Å². The molecule has 4 rings (SSSR count).